The number of hydrogen-bond acceptors (Lipinski definition) is 0. The van der Waals surface area contributed by atoms with Crippen LogP contribution < -0.4 is 0 Å². The first-order valence-corrected chi connectivity index (χ1v) is 13.4. The van der Waals surface area contributed by atoms with E-state index in [0.717, 1.165) is 36.6 Å². The first-order valence-electron chi connectivity index (χ1n) is 11.2. The topological polar surface area (TPSA) is 9.86 Å². The Bertz CT molecular complexity index is 1180. The van der Waals surface area contributed by atoms with Gasteiger partial charge >= 0.3 is 0 Å². The summed E-state index contributed by atoms with van der Waals surface area (Å²) in [5.41, 5.74) is 8.90. The average Bonchev–Trinajstić information content (AvgIpc) is 3.27. The molecule has 156 valence electrons. The van der Waals surface area contributed by atoms with Gasteiger partial charge in [0.05, 0.1) is 5.69 Å². The highest BCUT2D eigenvalue weighted by molar-refractivity contribution is 9.09. The predicted octanol–water partition coefficient (Wildman–Crippen LogP) is 7.71. The third-order valence-corrected chi connectivity index (χ3v) is 7.66. The summed E-state index contributed by atoms with van der Waals surface area (Å²) in [6.45, 7) is 2.20. The summed E-state index contributed by atoms with van der Waals surface area (Å²) in [5.74, 6) is 0. The van der Waals surface area contributed by atoms with Crippen molar-refractivity contribution in [3.8, 4) is 11.3 Å². The van der Waals surface area contributed by atoms with Crippen LogP contribution in [0, 0.1) is 0 Å². The molecule has 0 saturated carbocycles. The van der Waals surface area contributed by atoms with E-state index in [-0.39, 0.29) is 0 Å². The molecule has 2 nitrogen and oxygen atoms in total. The van der Waals surface area contributed by atoms with Gasteiger partial charge in [-0.2, -0.15) is 0 Å². The van der Waals surface area contributed by atoms with Gasteiger partial charge in [-0.05, 0) is 56.2 Å². The van der Waals surface area contributed by atoms with E-state index < -0.39 is 0 Å². The molecule has 0 N–H and O–H groups in total. The zero-order valence-electron chi connectivity index (χ0n) is 17.3. The van der Waals surface area contributed by atoms with Crippen LogP contribution in [0.25, 0.3) is 33.1 Å². The van der Waals surface area contributed by atoms with E-state index in [1.54, 1.807) is 11.3 Å². The van der Waals surface area contributed by atoms with E-state index in [0.29, 0.717) is 0 Å². The zero-order chi connectivity index (χ0) is 20.5. The Labute approximate surface area is 195 Å². The molecular formula is C26H28Br2N2. The standard InChI is InChI=1S/C26H28Br2N2/c27-15-5-7-17-29-23-12-4-2-10-21(23)25-24(29)14-13-20-19-9-1-3-11-22(19)30(26(20)25)18-8-6-16-28/h1-4,9-12H,5-8,13-18H2. The summed E-state index contributed by atoms with van der Waals surface area (Å²) >= 11 is 7.22. The number of benzene rings is 2. The summed E-state index contributed by atoms with van der Waals surface area (Å²) < 4.78 is 5.25. The summed E-state index contributed by atoms with van der Waals surface area (Å²) in [6.07, 6.45) is 7.14. The molecule has 4 heteroatoms. The molecule has 2 aromatic heterocycles. The van der Waals surface area contributed by atoms with Gasteiger partial charge in [-0.25, -0.2) is 0 Å². The quantitative estimate of drug-likeness (QED) is 0.164. The van der Waals surface area contributed by atoms with Gasteiger partial charge in [0.25, 0.3) is 0 Å². The first kappa shape index (κ1) is 20.4. The summed E-state index contributed by atoms with van der Waals surface area (Å²) in [7, 11) is 0. The van der Waals surface area contributed by atoms with E-state index in [1.165, 1.54) is 58.7 Å². The van der Waals surface area contributed by atoms with Crippen LogP contribution in [0.1, 0.15) is 36.9 Å². The fourth-order valence-corrected chi connectivity index (χ4v) is 6.05. The Kier molecular flexibility index (Phi) is 6.06. The number of aromatic nitrogens is 2. The third-order valence-electron chi connectivity index (χ3n) is 6.53. The Balaban J connectivity index is 1.74. The third kappa shape index (κ3) is 3.36. The average molecular weight is 528 g/mol. The maximum Gasteiger partial charge on any atom is 0.0548 e. The number of para-hydroxylation sites is 2. The van der Waals surface area contributed by atoms with Crippen LogP contribution in [0.15, 0.2) is 48.5 Å². The highest BCUT2D eigenvalue weighted by Gasteiger charge is 2.29. The molecule has 5 rings (SSSR count). The van der Waals surface area contributed by atoms with E-state index in [1.807, 2.05) is 0 Å². The number of alkyl halides is 2. The molecule has 0 radical (unpaired) electrons. The molecule has 1 aliphatic rings. The number of unbranched alkanes of at least 4 members (excludes halogenated alkanes) is 2. The fraction of sp³-hybridized carbons (Fsp3) is 0.385. The van der Waals surface area contributed by atoms with Crippen LogP contribution in [0.3, 0.4) is 0 Å². The number of rotatable bonds is 8. The van der Waals surface area contributed by atoms with Gasteiger partial charge < -0.3 is 9.13 Å². The van der Waals surface area contributed by atoms with Crippen molar-refractivity contribution in [2.45, 2.75) is 51.6 Å². The lowest BCUT2D eigenvalue weighted by Crippen LogP contribution is -2.11. The molecule has 0 aliphatic heterocycles. The van der Waals surface area contributed by atoms with Gasteiger partial charge in [0.15, 0.2) is 0 Å². The fourth-order valence-electron chi connectivity index (χ4n) is 5.25. The van der Waals surface area contributed by atoms with Crippen molar-refractivity contribution in [3.05, 3.63) is 59.8 Å². The number of hydrogen-bond donors (Lipinski definition) is 0. The summed E-state index contributed by atoms with van der Waals surface area (Å²) in [6, 6.07) is 18.1. The Hall–Kier alpha value is -1.52. The maximum absolute atomic E-state index is 3.61. The van der Waals surface area contributed by atoms with Gasteiger partial charge in [0.2, 0.25) is 0 Å². The minimum atomic E-state index is 1.08. The molecule has 0 amide bonds. The van der Waals surface area contributed by atoms with Crippen molar-refractivity contribution in [2.75, 3.05) is 10.7 Å². The second kappa shape index (κ2) is 8.92. The monoisotopic (exact) mass is 526 g/mol. The highest BCUT2D eigenvalue weighted by Crippen LogP contribution is 2.45. The van der Waals surface area contributed by atoms with Crippen molar-refractivity contribution in [2.24, 2.45) is 0 Å². The Morgan fingerprint density at radius 1 is 0.667 bits per heavy atom. The molecule has 2 aromatic carbocycles. The van der Waals surface area contributed by atoms with Crippen LogP contribution in [-0.2, 0) is 25.9 Å². The van der Waals surface area contributed by atoms with Crippen LogP contribution in [-0.4, -0.2) is 19.8 Å². The van der Waals surface area contributed by atoms with Crippen molar-refractivity contribution >= 4 is 53.7 Å². The SMILES string of the molecule is BrCCCCn1c2c(c3ccccc31)-c1c(c3ccccc3n1CCCCBr)CC2. The van der Waals surface area contributed by atoms with Crippen LogP contribution >= 0.6 is 31.9 Å². The normalized spacial score (nSPS) is 13.1. The van der Waals surface area contributed by atoms with Crippen molar-refractivity contribution in [1.29, 1.82) is 0 Å². The number of halogens is 2. The van der Waals surface area contributed by atoms with Crippen molar-refractivity contribution < 1.29 is 0 Å². The van der Waals surface area contributed by atoms with Crippen LogP contribution in [0.4, 0.5) is 0 Å². The van der Waals surface area contributed by atoms with Gasteiger partial charge in [-0.3, -0.25) is 0 Å². The molecule has 1 aliphatic carbocycles. The molecule has 4 aromatic rings. The zero-order valence-corrected chi connectivity index (χ0v) is 20.5. The number of fused-ring (bicyclic) bond motifs is 7. The van der Waals surface area contributed by atoms with E-state index in [2.05, 4.69) is 89.5 Å². The molecule has 0 atom stereocenters. The van der Waals surface area contributed by atoms with E-state index >= 15 is 0 Å². The smallest absolute Gasteiger partial charge is 0.0548 e. The molecule has 0 bridgehead atoms. The van der Waals surface area contributed by atoms with Gasteiger partial charge in [0.1, 0.15) is 0 Å². The lowest BCUT2D eigenvalue weighted by molar-refractivity contribution is 0.621. The second-order valence-corrected chi connectivity index (χ2v) is 9.86. The van der Waals surface area contributed by atoms with Crippen molar-refractivity contribution in [1.82, 2.24) is 9.13 Å². The molecule has 30 heavy (non-hydrogen) atoms. The first-order chi connectivity index (χ1) is 14.8. The minimum absolute atomic E-state index is 1.08. The minimum Gasteiger partial charge on any atom is -0.344 e. The second-order valence-electron chi connectivity index (χ2n) is 8.28. The lowest BCUT2D eigenvalue weighted by Gasteiger charge is -2.20. The summed E-state index contributed by atoms with van der Waals surface area (Å²) in [5, 5.41) is 5.04. The predicted molar refractivity (Wildman–Crippen MR) is 136 cm³/mol. The van der Waals surface area contributed by atoms with E-state index in [9.17, 15) is 0 Å². The largest absolute Gasteiger partial charge is 0.344 e. The molecule has 2 heterocycles. The Morgan fingerprint density at radius 2 is 1.27 bits per heavy atom. The van der Waals surface area contributed by atoms with Gasteiger partial charge in [0, 0.05) is 56.8 Å². The van der Waals surface area contributed by atoms with Crippen LogP contribution in [0.5, 0.6) is 0 Å². The summed E-state index contributed by atoms with van der Waals surface area (Å²) in [4.78, 5) is 0. The number of nitrogens with zero attached hydrogens (tertiary/aromatic N) is 2. The molecule has 0 spiro atoms. The Morgan fingerprint density at radius 3 is 1.97 bits per heavy atom. The van der Waals surface area contributed by atoms with E-state index in [4.69, 9.17) is 0 Å². The van der Waals surface area contributed by atoms with Crippen molar-refractivity contribution in [3.63, 3.8) is 0 Å². The molecular weight excluding hydrogens is 500 g/mol. The van der Waals surface area contributed by atoms with Gasteiger partial charge in [-0.1, -0.05) is 68.3 Å². The van der Waals surface area contributed by atoms with Crippen LogP contribution in [0.2, 0.25) is 0 Å². The highest BCUT2D eigenvalue weighted by atomic mass is 79.9. The molecule has 0 unspecified atom stereocenters. The lowest BCUT2D eigenvalue weighted by atomic mass is 9.92. The van der Waals surface area contributed by atoms with Gasteiger partial charge in [-0.15, -0.1) is 0 Å². The maximum atomic E-state index is 3.61. The molecule has 0 fully saturated rings. The molecule has 0 saturated heterocycles. The number of aryl methyl sites for hydroxylation is 3.